The molecule has 18 heavy (non-hydrogen) atoms. The molecule has 1 atom stereocenters. The lowest BCUT2D eigenvalue weighted by Gasteiger charge is -2.44. The van der Waals surface area contributed by atoms with Crippen LogP contribution in [0.5, 0.6) is 0 Å². The summed E-state index contributed by atoms with van der Waals surface area (Å²) in [6.45, 7) is 2.93. The summed E-state index contributed by atoms with van der Waals surface area (Å²) in [5.74, 6) is 0.403. The van der Waals surface area contributed by atoms with E-state index in [9.17, 15) is 4.79 Å². The van der Waals surface area contributed by atoms with Crippen molar-refractivity contribution in [3.8, 4) is 0 Å². The number of carbonyl (C=O) groups excluding carboxylic acids is 1. The van der Waals surface area contributed by atoms with Crippen molar-refractivity contribution in [3.63, 3.8) is 0 Å². The highest BCUT2D eigenvalue weighted by molar-refractivity contribution is 7.80. The first kappa shape index (κ1) is 15.3. The van der Waals surface area contributed by atoms with Crippen LogP contribution < -0.4 is 11.1 Å². The Balaban J connectivity index is 2.51. The quantitative estimate of drug-likeness (QED) is 0.660. The average Bonchev–Trinajstić information content (AvgIpc) is 2.29. The fraction of sp³-hybridized carbons (Fsp3) is 0.833. The van der Waals surface area contributed by atoms with E-state index in [1.807, 2.05) is 0 Å². The minimum Gasteiger partial charge on any atom is -0.392 e. The highest BCUT2D eigenvalue weighted by Gasteiger charge is 2.50. The summed E-state index contributed by atoms with van der Waals surface area (Å²) in [6.07, 6.45) is 1.31. The number of hydrogen-bond donors (Lipinski definition) is 2. The summed E-state index contributed by atoms with van der Waals surface area (Å²) in [7, 11) is 3.18. The van der Waals surface area contributed by atoms with Gasteiger partial charge in [0.15, 0.2) is 0 Å². The third-order valence-electron chi connectivity index (χ3n) is 3.48. The fourth-order valence-electron chi connectivity index (χ4n) is 2.40. The van der Waals surface area contributed by atoms with Crippen molar-refractivity contribution in [1.29, 1.82) is 0 Å². The van der Waals surface area contributed by atoms with Crippen LogP contribution in [-0.4, -0.2) is 44.4 Å². The zero-order chi connectivity index (χ0) is 13.8. The third-order valence-corrected chi connectivity index (χ3v) is 3.87. The lowest BCUT2D eigenvalue weighted by molar-refractivity contribution is -0.133. The van der Waals surface area contributed by atoms with Gasteiger partial charge in [0.2, 0.25) is 5.91 Å². The maximum atomic E-state index is 12.2. The van der Waals surface area contributed by atoms with Gasteiger partial charge in [-0.15, -0.1) is 0 Å². The largest absolute Gasteiger partial charge is 0.392 e. The molecule has 0 bridgehead atoms. The van der Waals surface area contributed by atoms with Crippen LogP contribution in [0.15, 0.2) is 0 Å². The van der Waals surface area contributed by atoms with Crippen molar-refractivity contribution in [1.82, 2.24) is 5.32 Å². The highest BCUT2D eigenvalue weighted by atomic mass is 32.1. The smallest absolute Gasteiger partial charge is 0.233 e. The lowest BCUT2D eigenvalue weighted by atomic mass is 9.62. The van der Waals surface area contributed by atoms with Crippen LogP contribution in [0.1, 0.15) is 19.8 Å². The standard InChI is InChI=1S/C12H22N2O3S/c1-8-4-12(5-8,10(13)18)11(15)14-6-9(17-3)7-16-2/h8-9H,4-7H2,1-3H3,(H2,13,18)(H,14,15). The van der Waals surface area contributed by atoms with E-state index in [0.717, 1.165) is 12.8 Å². The Bertz CT molecular complexity index is 316. The summed E-state index contributed by atoms with van der Waals surface area (Å²) >= 11 is 5.03. The fourth-order valence-corrected chi connectivity index (χ4v) is 2.66. The van der Waals surface area contributed by atoms with E-state index in [0.29, 0.717) is 24.1 Å². The molecule has 1 fully saturated rings. The molecule has 0 saturated heterocycles. The SMILES string of the molecule is COCC(CNC(=O)C1(C(N)=S)CC(C)C1)OC. The summed E-state index contributed by atoms with van der Waals surface area (Å²) in [5.41, 5.74) is 5.06. The van der Waals surface area contributed by atoms with Gasteiger partial charge in [-0.25, -0.2) is 0 Å². The van der Waals surface area contributed by atoms with Gasteiger partial charge in [0.1, 0.15) is 0 Å². The molecule has 0 heterocycles. The van der Waals surface area contributed by atoms with Crippen molar-refractivity contribution in [2.75, 3.05) is 27.4 Å². The number of thiocarbonyl (C=S) groups is 1. The molecule has 6 heteroatoms. The minimum atomic E-state index is -0.653. The van der Waals surface area contributed by atoms with Crippen molar-refractivity contribution in [3.05, 3.63) is 0 Å². The number of methoxy groups -OCH3 is 2. The number of hydrogen-bond acceptors (Lipinski definition) is 4. The normalized spacial score (nSPS) is 28.3. The summed E-state index contributed by atoms with van der Waals surface area (Å²) < 4.78 is 10.2. The lowest BCUT2D eigenvalue weighted by Crippen LogP contribution is -2.57. The van der Waals surface area contributed by atoms with E-state index in [1.54, 1.807) is 14.2 Å². The zero-order valence-corrected chi connectivity index (χ0v) is 12.0. The van der Waals surface area contributed by atoms with Gasteiger partial charge >= 0.3 is 0 Å². The highest BCUT2D eigenvalue weighted by Crippen LogP contribution is 2.45. The van der Waals surface area contributed by atoms with Crippen LogP contribution in [0, 0.1) is 11.3 Å². The molecule has 104 valence electrons. The number of amides is 1. The molecule has 0 radical (unpaired) electrons. The Hall–Kier alpha value is -0.720. The Morgan fingerprint density at radius 3 is 2.56 bits per heavy atom. The molecule has 1 saturated carbocycles. The molecule has 1 unspecified atom stereocenters. The van der Waals surface area contributed by atoms with E-state index < -0.39 is 5.41 Å². The van der Waals surface area contributed by atoms with Crippen molar-refractivity contribution >= 4 is 23.1 Å². The maximum Gasteiger partial charge on any atom is 0.233 e. The molecular weight excluding hydrogens is 252 g/mol. The predicted molar refractivity (Wildman–Crippen MR) is 73.3 cm³/mol. The van der Waals surface area contributed by atoms with Gasteiger partial charge in [-0.3, -0.25) is 4.79 Å². The molecule has 0 aromatic heterocycles. The monoisotopic (exact) mass is 274 g/mol. The molecule has 0 aromatic carbocycles. The van der Waals surface area contributed by atoms with Crippen molar-refractivity contribution < 1.29 is 14.3 Å². The Morgan fingerprint density at radius 2 is 2.17 bits per heavy atom. The number of nitrogens with two attached hydrogens (primary N) is 1. The minimum absolute atomic E-state index is 0.0914. The van der Waals surface area contributed by atoms with E-state index in [-0.39, 0.29) is 12.0 Å². The van der Waals surface area contributed by atoms with Crippen molar-refractivity contribution in [2.24, 2.45) is 17.1 Å². The van der Waals surface area contributed by atoms with E-state index in [4.69, 9.17) is 27.4 Å². The number of ether oxygens (including phenoxy) is 2. The van der Waals surface area contributed by atoms with Gasteiger partial charge in [-0.1, -0.05) is 19.1 Å². The summed E-state index contributed by atoms with van der Waals surface area (Å²) in [5, 5.41) is 2.85. The van der Waals surface area contributed by atoms with Crippen LogP contribution in [-0.2, 0) is 14.3 Å². The second-order valence-corrected chi connectivity index (χ2v) is 5.42. The number of nitrogens with one attached hydrogen (secondary N) is 1. The first-order valence-electron chi connectivity index (χ1n) is 6.06. The molecule has 1 amide bonds. The Kier molecular flexibility index (Phi) is 5.49. The Morgan fingerprint density at radius 1 is 1.56 bits per heavy atom. The van der Waals surface area contributed by atoms with E-state index >= 15 is 0 Å². The summed E-state index contributed by atoms with van der Waals surface area (Å²) in [4.78, 5) is 12.5. The topological polar surface area (TPSA) is 73.6 Å². The van der Waals surface area contributed by atoms with Crippen molar-refractivity contribution in [2.45, 2.75) is 25.9 Å². The van der Waals surface area contributed by atoms with Crippen LogP contribution in [0.2, 0.25) is 0 Å². The summed E-state index contributed by atoms with van der Waals surface area (Å²) in [6, 6.07) is 0. The van der Waals surface area contributed by atoms with Gasteiger partial charge in [-0.05, 0) is 18.8 Å². The van der Waals surface area contributed by atoms with E-state index in [1.165, 1.54) is 0 Å². The number of carbonyl (C=O) groups is 1. The third kappa shape index (κ3) is 3.18. The van der Waals surface area contributed by atoms with Crippen LogP contribution in [0.25, 0.3) is 0 Å². The first-order valence-corrected chi connectivity index (χ1v) is 6.47. The van der Waals surface area contributed by atoms with Gasteiger partial charge in [0.25, 0.3) is 0 Å². The first-order chi connectivity index (χ1) is 8.46. The molecule has 0 spiro atoms. The zero-order valence-electron chi connectivity index (χ0n) is 11.2. The molecule has 1 aliphatic rings. The molecule has 1 rings (SSSR count). The molecule has 1 aliphatic carbocycles. The molecule has 5 nitrogen and oxygen atoms in total. The van der Waals surface area contributed by atoms with Gasteiger partial charge in [0.05, 0.1) is 23.1 Å². The van der Waals surface area contributed by atoms with Gasteiger partial charge in [-0.2, -0.15) is 0 Å². The van der Waals surface area contributed by atoms with Crippen LogP contribution in [0.4, 0.5) is 0 Å². The maximum absolute atomic E-state index is 12.2. The molecular formula is C12H22N2O3S. The van der Waals surface area contributed by atoms with Gasteiger partial charge in [0, 0.05) is 20.8 Å². The van der Waals surface area contributed by atoms with E-state index in [2.05, 4.69) is 12.2 Å². The van der Waals surface area contributed by atoms with Gasteiger partial charge < -0.3 is 20.5 Å². The molecule has 0 aromatic rings. The Labute approximate surface area is 113 Å². The second kappa shape index (κ2) is 6.45. The number of rotatable bonds is 7. The molecule has 0 aliphatic heterocycles. The van der Waals surface area contributed by atoms with Crippen LogP contribution in [0.3, 0.4) is 0 Å². The average molecular weight is 274 g/mol. The predicted octanol–water partition coefficient (Wildman–Crippen LogP) is 0.466. The van der Waals surface area contributed by atoms with Crippen LogP contribution >= 0.6 is 12.2 Å². The second-order valence-electron chi connectivity index (χ2n) is 4.98. The molecule has 3 N–H and O–H groups in total.